The van der Waals surface area contributed by atoms with Crippen molar-refractivity contribution in [1.82, 2.24) is 19.5 Å². The van der Waals surface area contributed by atoms with Gasteiger partial charge in [-0.25, -0.2) is 24.1 Å². The van der Waals surface area contributed by atoms with E-state index in [0.29, 0.717) is 0 Å². The number of carbonyl (C=O) groups excluding carboxylic acids is 1. The number of carbonyl (C=O) groups is 1. The highest BCUT2D eigenvalue weighted by Crippen LogP contribution is 2.60. The molecule has 21 nitrogen and oxygen atoms in total. The van der Waals surface area contributed by atoms with E-state index in [0.717, 1.165) is 6.33 Å². The smallest absolute Gasteiger partial charge is 0.387 e. The van der Waals surface area contributed by atoms with Gasteiger partial charge in [0, 0.05) is 6.07 Å². The van der Waals surface area contributed by atoms with Crippen LogP contribution < -0.4 is 16.0 Å². The molecule has 0 bridgehead atoms. The van der Waals surface area contributed by atoms with Crippen LogP contribution >= 0.6 is 15.6 Å². The molecule has 10 atom stereocenters. The maximum absolute atomic E-state index is 12.4. The number of pyridine rings is 1. The van der Waals surface area contributed by atoms with Gasteiger partial charge < -0.3 is 51.2 Å². The van der Waals surface area contributed by atoms with E-state index in [1.807, 2.05) is 0 Å². The van der Waals surface area contributed by atoms with Gasteiger partial charge in [0.25, 0.3) is 12.1 Å². The summed E-state index contributed by atoms with van der Waals surface area (Å²) in [5, 5.41) is 41.6. The number of nitrogens with zero attached hydrogens (tertiary/aromatic N) is 5. The normalized spacial score (nSPS) is 31.6. The quantitative estimate of drug-likeness (QED) is 0.0747. The van der Waals surface area contributed by atoms with Crippen LogP contribution in [0.25, 0.3) is 11.2 Å². The third-order valence-corrected chi connectivity index (χ3v) is 9.35. The largest absolute Gasteiger partial charge is 0.481 e. The van der Waals surface area contributed by atoms with Gasteiger partial charge in [-0.2, -0.15) is 8.88 Å². The van der Waals surface area contributed by atoms with Crippen molar-refractivity contribution in [3.05, 3.63) is 42.7 Å². The second-order valence-electron chi connectivity index (χ2n) is 9.69. The number of aromatic nitrogens is 5. The molecule has 10 N–H and O–H groups in total. The highest BCUT2D eigenvalue weighted by Gasteiger charge is 2.50. The molecule has 2 aliphatic rings. The molecule has 5 unspecified atom stereocenters. The van der Waals surface area contributed by atoms with Gasteiger partial charge in [-0.1, -0.05) is 0 Å². The first-order valence-corrected chi connectivity index (χ1v) is 15.6. The lowest BCUT2D eigenvalue weighted by atomic mass is 10.1. The van der Waals surface area contributed by atoms with Crippen LogP contribution in [-0.4, -0.2) is 105 Å². The van der Waals surface area contributed by atoms with E-state index < -0.39 is 83.8 Å². The third-order valence-electron chi connectivity index (χ3n) is 6.75. The minimum Gasteiger partial charge on any atom is -0.387 e. The summed E-state index contributed by atoms with van der Waals surface area (Å²) in [5.74, 6) is -0.714. The number of amides is 1. The fourth-order valence-corrected chi connectivity index (χ4v) is 6.67. The molecule has 3 aromatic rings. The number of rotatable bonds is 11. The first-order valence-electron chi connectivity index (χ1n) is 12.6. The molecule has 0 aromatic carbocycles. The van der Waals surface area contributed by atoms with Gasteiger partial charge in [0.05, 0.1) is 19.5 Å². The van der Waals surface area contributed by atoms with Gasteiger partial charge in [0.1, 0.15) is 47.9 Å². The average Bonchev–Trinajstić information content (AvgIpc) is 3.61. The number of aliphatic hydroxyl groups excluding tert-OH is 4. The van der Waals surface area contributed by atoms with Crippen molar-refractivity contribution in [3.8, 4) is 0 Å². The number of hydrogen-bond donors (Lipinski definition) is 8. The Bertz CT molecular complexity index is 1630. The summed E-state index contributed by atoms with van der Waals surface area (Å²) in [6.07, 6.45) is -6.85. The van der Waals surface area contributed by atoms with E-state index >= 15 is 0 Å². The fourth-order valence-electron chi connectivity index (χ4n) is 4.58. The van der Waals surface area contributed by atoms with Crippen molar-refractivity contribution in [2.45, 2.75) is 49.1 Å². The van der Waals surface area contributed by atoms with Crippen LogP contribution in [0.2, 0.25) is 0 Å². The maximum Gasteiger partial charge on any atom is 0.481 e. The number of primary amides is 1. The van der Waals surface area contributed by atoms with E-state index in [9.17, 15) is 44.1 Å². The molecule has 240 valence electrons. The summed E-state index contributed by atoms with van der Waals surface area (Å²) in [6.45, 7) is -1.80. The van der Waals surface area contributed by atoms with E-state index in [-0.39, 0.29) is 22.5 Å². The fraction of sp³-hybridized carbons (Fsp3) is 0.476. The van der Waals surface area contributed by atoms with Crippen LogP contribution in [0.4, 0.5) is 5.82 Å². The molecule has 44 heavy (non-hydrogen) atoms. The first kappa shape index (κ1) is 32.4. The van der Waals surface area contributed by atoms with Gasteiger partial charge in [0.15, 0.2) is 36.2 Å². The number of ether oxygens (including phenoxy) is 2. The molecule has 5 rings (SSSR count). The Morgan fingerprint density at radius 2 is 1.61 bits per heavy atom. The van der Waals surface area contributed by atoms with Crippen LogP contribution in [0.5, 0.6) is 0 Å². The topological polar surface area (TPSA) is 318 Å². The SMILES string of the molecule is NC(=O)c1ccc[n+]([C@@H]2O[C@H](COP(=O)(O)OP(=O)(O)OC[C@H]3O[C@@H](n4cnc5c(N)ncnc54)C(O)[C@H]3O)C(O)C2O)c1. The monoisotopic (exact) mass is 664 g/mol. The number of anilines is 1. The van der Waals surface area contributed by atoms with E-state index in [1.54, 1.807) is 0 Å². The van der Waals surface area contributed by atoms with Crippen molar-refractivity contribution in [1.29, 1.82) is 0 Å². The first-order chi connectivity index (χ1) is 20.7. The summed E-state index contributed by atoms with van der Waals surface area (Å²) in [4.78, 5) is 43.3. The van der Waals surface area contributed by atoms with Crippen LogP contribution in [0, 0.1) is 0 Å². The molecule has 2 aliphatic heterocycles. The van der Waals surface area contributed by atoms with Crippen molar-refractivity contribution in [2.24, 2.45) is 5.73 Å². The van der Waals surface area contributed by atoms with Crippen LogP contribution in [0.3, 0.4) is 0 Å². The Morgan fingerprint density at radius 3 is 2.27 bits per heavy atom. The van der Waals surface area contributed by atoms with Gasteiger partial charge in [-0.05, 0) is 6.07 Å². The molecule has 0 spiro atoms. The molecule has 0 radical (unpaired) electrons. The standard InChI is InChI=1S/C21H27N7O14P2/c22-17-12-19(25-7-24-17)28(8-26-12)21-16(32)14(30)11(41-21)6-39-44(36,37)42-43(34,35)38-5-10-13(29)15(31)20(40-10)27-3-1-2-9(4-27)18(23)33/h1-4,7-8,10-11,13-16,20-21,29-32H,5-6H2,(H5-,22,23,24,25,33,34,35,36,37)/p+1/t10-,11-,13?,14+,15?,16?,20-,21-/m1/s1. The van der Waals surface area contributed by atoms with E-state index in [2.05, 4.69) is 23.8 Å². The summed E-state index contributed by atoms with van der Waals surface area (Å²) in [6, 6.07) is 2.83. The van der Waals surface area contributed by atoms with Crippen molar-refractivity contribution in [3.63, 3.8) is 0 Å². The van der Waals surface area contributed by atoms with Crippen molar-refractivity contribution in [2.75, 3.05) is 18.9 Å². The van der Waals surface area contributed by atoms with Crippen molar-refractivity contribution >= 4 is 38.5 Å². The number of aliphatic hydroxyl groups is 4. The number of phosphoric acid groups is 2. The predicted molar refractivity (Wildman–Crippen MR) is 139 cm³/mol. The molecule has 1 amide bonds. The number of fused-ring (bicyclic) bond motifs is 1. The van der Waals surface area contributed by atoms with Crippen LogP contribution in [-0.2, 0) is 32.0 Å². The third kappa shape index (κ3) is 6.65. The molecular weight excluding hydrogens is 636 g/mol. The van der Waals surface area contributed by atoms with Crippen LogP contribution in [0.15, 0.2) is 37.2 Å². The number of hydrogen-bond acceptors (Lipinski definition) is 16. The minimum absolute atomic E-state index is 0.0505. The molecule has 2 fully saturated rings. The number of nitrogen functional groups attached to an aromatic ring is 1. The highest BCUT2D eigenvalue weighted by molar-refractivity contribution is 7.61. The minimum atomic E-state index is -5.37. The van der Waals surface area contributed by atoms with Gasteiger partial charge in [-0.15, -0.1) is 0 Å². The van der Waals surface area contributed by atoms with Crippen LogP contribution in [0.1, 0.15) is 22.8 Å². The van der Waals surface area contributed by atoms with E-state index in [4.69, 9.17) is 25.5 Å². The summed E-state index contributed by atoms with van der Waals surface area (Å²) in [5.41, 5.74) is 11.4. The Labute approximate surface area is 246 Å². The Hall–Kier alpha value is -3.01. The zero-order valence-electron chi connectivity index (χ0n) is 22.2. The Balaban J connectivity index is 1.16. The van der Waals surface area contributed by atoms with Crippen molar-refractivity contribution < 1.29 is 71.5 Å². The number of imidazole rings is 1. The molecule has 2 saturated heterocycles. The summed E-state index contributed by atoms with van der Waals surface area (Å²) < 4.78 is 52.0. The molecule has 23 heteroatoms. The summed E-state index contributed by atoms with van der Waals surface area (Å²) in [7, 11) is -10.7. The lowest BCUT2D eigenvalue weighted by Crippen LogP contribution is -2.46. The molecule has 3 aromatic heterocycles. The molecule has 0 aliphatic carbocycles. The second kappa shape index (κ2) is 12.4. The summed E-state index contributed by atoms with van der Waals surface area (Å²) >= 11 is 0. The molecule has 5 heterocycles. The molecule has 0 saturated carbocycles. The Morgan fingerprint density at radius 1 is 0.977 bits per heavy atom. The van der Waals surface area contributed by atoms with Gasteiger partial charge >= 0.3 is 15.6 Å². The lowest BCUT2D eigenvalue weighted by molar-refractivity contribution is -0.765. The number of phosphoric ester groups is 2. The second-order valence-corrected chi connectivity index (χ2v) is 12.7. The maximum atomic E-state index is 12.4. The van der Waals surface area contributed by atoms with Gasteiger partial charge in [-0.3, -0.25) is 18.4 Å². The lowest BCUT2D eigenvalue weighted by Gasteiger charge is -2.20. The average molecular weight is 664 g/mol. The van der Waals surface area contributed by atoms with E-state index in [1.165, 1.54) is 40.0 Å². The van der Waals surface area contributed by atoms with Gasteiger partial charge in [0.2, 0.25) is 0 Å². The zero-order valence-corrected chi connectivity index (χ0v) is 24.0. The highest BCUT2D eigenvalue weighted by atomic mass is 31.3. The zero-order chi connectivity index (χ0) is 32.0. The Kier molecular flexibility index (Phi) is 9.13. The predicted octanol–water partition coefficient (Wildman–Crippen LogP) is -3.02. The molecular formula is C21H28N7O14P2+. The number of nitrogens with two attached hydrogens (primary N) is 2.